The van der Waals surface area contributed by atoms with Gasteiger partial charge in [-0.15, -0.1) is 0 Å². The van der Waals surface area contributed by atoms with Gasteiger partial charge in [-0.25, -0.2) is 0 Å². The highest BCUT2D eigenvalue weighted by Gasteiger charge is 2.27. The van der Waals surface area contributed by atoms with Gasteiger partial charge in [-0.2, -0.15) is 8.42 Å². The Hall–Kier alpha value is -1.74. The van der Waals surface area contributed by atoms with E-state index in [1.165, 1.54) is 63.9 Å². The highest BCUT2D eigenvalue weighted by Crippen LogP contribution is 2.10. The van der Waals surface area contributed by atoms with Crippen molar-refractivity contribution in [3.8, 4) is 0 Å². The Balaban J connectivity index is 4.34. The van der Waals surface area contributed by atoms with E-state index in [4.69, 9.17) is 0 Å². The second-order valence-electron chi connectivity index (χ2n) is 11.2. The third kappa shape index (κ3) is 27.1. The van der Waals surface area contributed by atoms with Crippen molar-refractivity contribution in [3.05, 3.63) is 48.6 Å². The molecule has 3 atom stereocenters. The first-order chi connectivity index (χ1) is 20.2. The van der Waals surface area contributed by atoms with Crippen LogP contribution in [0, 0.1) is 0 Å². The molecule has 0 aromatic heterocycles. The fourth-order valence-electron chi connectivity index (χ4n) is 4.48. The molecule has 0 rings (SSSR count). The average Bonchev–Trinajstić information content (AvgIpc) is 2.94. The molecule has 1 amide bonds. The number of allylic oxidation sites excluding steroid dienone is 7. The lowest BCUT2D eigenvalue weighted by atomic mass is 10.1. The van der Waals surface area contributed by atoms with Gasteiger partial charge in [0.1, 0.15) is 6.10 Å². The minimum Gasteiger partial charge on any atom is -0.387 e. The molecule has 0 aliphatic carbocycles. The second-order valence-corrected chi connectivity index (χ2v) is 12.7. The van der Waals surface area contributed by atoms with Crippen molar-refractivity contribution in [2.45, 2.75) is 154 Å². The van der Waals surface area contributed by atoms with Crippen molar-refractivity contribution in [2.24, 2.45) is 0 Å². The highest BCUT2D eigenvalue weighted by molar-refractivity contribution is 7.85. The average molecular weight is 612 g/mol. The molecule has 0 aliphatic heterocycles. The largest absolute Gasteiger partial charge is 0.387 e. The van der Waals surface area contributed by atoms with Gasteiger partial charge in [-0.05, 0) is 70.6 Å². The molecule has 7 nitrogen and oxygen atoms in total. The Morgan fingerprint density at radius 3 is 1.62 bits per heavy atom. The van der Waals surface area contributed by atoms with Crippen LogP contribution in [0.3, 0.4) is 0 Å². The predicted octanol–water partition coefficient (Wildman–Crippen LogP) is 7.76. The zero-order chi connectivity index (χ0) is 31.3. The summed E-state index contributed by atoms with van der Waals surface area (Å²) in [6, 6.07) is -1.26. The normalized spacial score (nSPS) is 14.9. The maximum Gasteiger partial charge on any atom is 0.267 e. The summed E-state index contributed by atoms with van der Waals surface area (Å²) < 4.78 is 32.2. The van der Waals surface area contributed by atoms with Crippen molar-refractivity contribution < 1.29 is 28.0 Å². The van der Waals surface area contributed by atoms with Gasteiger partial charge in [0.05, 0.1) is 17.9 Å². The van der Waals surface area contributed by atoms with Crippen LogP contribution in [0.25, 0.3) is 0 Å². The topological polar surface area (TPSA) is 124 Å². The number of carbonyl (C=O) groups excluding carboxylic acids is 1. The van der Waals surface area contributed by atoms with Crippen molar-refractivity contribution >= 4 is 16.0 Å². The summed E-state index contributed by atoms with van der Waals surface area (Å²) in [5.41, 5.74) is 0. The van der Waals surface area contributed by atoms with E-state index in [0.717, 1.165) is 44.9 Å². The van der Waals surface area contributed by atoms with E-state index in [1.807, 2.05) is 0 Å². The highest BCUT2D eigenvalue weighted by atomic mass is 32.2. The number of rotatable bonds is 28. The van der Waals surface area contributed by atoms with Gasteiger partial charge in [-0.3, -0.25) is 9.35 Å². The van der Waals surface area contributed by atoms with Crippen LogP contribution in [-0.2, 0) is 14.9 Å². The third-order valence-electron chi connectivity index (χ3n) is 7.06. The maximum absolute atomic E-state index is 12.5. The van der Waals surface area contributed by atoms with Crippen LogP contribution >= 0.6 is 0 Å². The lowest BCUT2D eigenvalue weighted by molar-refractivity contribution is -0.130. The van der Waals surface area contributed by atoms with Gasteiger partial charge in [0, 0.05) is 0 Å². The predicted molar refractivity (Wildman–Crippen MR) is 176 cm³/mol. The van der Waals surface area contributed by atoms with E-state index in [1.54, 1.807) is 6.08 Å². The van der Waals surface area contributed by atoms with Crippen molar-refractivity contribution in [2.75, 3.05) is 5.75 Å². The number of unbranched alkanes of at least 4 members (excludes halogenated alkanes) is 13. The van der Waals surface area contributed by atoms with Crippen LogP contribution in [0.2, 0.25) is 0 Å². The number of hydrogen-bond acceptors (Lipinski definition) is 5. The summed E-state index contributed by atoms with van der Waals surface area (Å²) in [4.78, 5) is 12.5. The van der Waals surface area contributed by atoms with Gasteiger partial charge < -0.3 is 15.5 Å². The number of carbonyl (C=O) groups is 1. The Labute approximate surface area is 257 Å². The first-order valence-corrected chi connectivity index (χ1v) is 18.1. The minimum atomic E-state index is -4.45. The molecule has 4 N–H and O–H groups in total. The quantitative estimate of drug-likeness (QED) is 0.0407. The molecule has 0 radical (unpaired) electrons. The van der Waals surface area contributed by atoms with Crippen LogP contribution in [0.5, 0.6) is 0 Å². The molecular formula is C34H61NO6S. The minimum absolute atomic E-state index is 0.239. The van der Waals surface area contributed by atoms with Gasteiger partial charge in [0.25, 0.3) is 10.1 Å². The molecule has 0 saturated carbocycles. The smallest absolute Gasteiger partial charge is 0.267 e. The zero-order valence-electron chi connectivity index (χ0n) is 26.5. The molecule has 42 heavy (non-hydrogen) atoms. The summed E-state index contributed by atoms with van der Waals surface area (Å²) in [5.74, 6) is -1.59. The Morgan fingerprint density at radius 2 is 1.07 bits per heavy atom. The van der Waals surface area contributed by atoms with Crippen LogP contribution < -0.4 is 5.32 Å². The number of nitrogens with one attached hydrogen (secondary N) is 1. The van der Waals surface area contributed by atoms with Crippen LogP contribution in [0.15, 0.2) is 48.6 Å². The Kier molecular flexibility index (Phi) is 26.9. The van der Waals surface area contributed by atoms with E-state index < -0.39 is 40.0 Å². The SMILES string of the molecule is CCCCC/C=C/CC/C=C/CC/C=C/C(O)C(CS(=O)(=O)O)NC(=O)C(O)CCCC/C=C\CCCCCCCC. The maximum atomic E-state index is 12.5. The molecule has 0 aromatic rings. The molecule has 244 valence electrons. The van der Waals surface area contributed by atoms with E-state index >= 15 is 0 Å². The number of aliphatic hydroxyl groups is 2. The number of aliphatic hydroxyl groups excluding tert-OH is 2. The Morgan fingerprint density at radius 1 is 0.643 bits per heavy atom. The number of hydrogen-bond donors (Lipinski definition) is 4. The van der Waals surface area contributed by atoms with E-state index in [9.17, 15) is 28.0 Å². The summed E-state index contributed by atoms with van der Waals surface area (Å²) in [6.07, 6.45) is 33.1. The van der Waals surface area contributed by atoms with Crippen molar-refractivity contribution in [3.63, 3.8) is 0 Å². The molecule has 0 aliphatic rings. The summed E-state index contributed by atoms with van der Waals surface area (Å²) >= 11 is 0. The van der Waals surface area contributed by atoms with Gasteiger partial charge in [0.2, 0.25) is 5.91 Å². The fraction of sp³-hybridized carbons (Fsp3) is 0.735. The summed E-state index contributed by atoms with van der Waals surface area (Å²) in [5, 5.41) is 23.1. The van der Waals surface area contributed by atoms with Crippen LogP contribution in [-0.4, -0.2) is 53.1 Å². The lowest BCUT2D eigenvalue weighted by Crippen LogP contribution is -2.50. The van der Waals surface area contributed by atoms with Gasteiger partial charge in [0.15, 0.2) is 0 Å². The standard InChI is InChI=1S/C34H61NO6S/c1-3-5-7-9-11-13-15-17-19-20-22-24-26-28-32(36)31(30-42(39,40)41)35-34(38)33(37)29-27-25-23-21-18-16-14-12-10-8-6-4-2/h11,13,18-21,26,28,31-33,36-37H,3-10,12,14-17,22-25,27,29-30H2,1-2H3,(H,35,38)(H,39,40,41)/b13-11+,20-19+,21-18-,28-26+. The van der Waals surface area contributed by atoms with Crippen LogP contribution in [0.1, 0.15) is 136 Å². The monoisotopic (exact) mass is 611 g/mol. The molecule has 0 aromatic carbocycles. The van der Waals surface area contributed by atoms with Crippen molar-refractivity contribution in [1.82, 2.24) is 5.32 Å². The molecule has 0 heterocycles. The molecule has 0 saturated heterocycles. The lowest BCUT2D eigenvalue weighted by Gasteiger charge is -2.22. The van der Waals surface area contributed by atoms with E-state index in [-0.39, 0.29) is 6.42 Å². The van der Waals surface area contributed by atoms with Crippen LogP contribution in [0.4, 0.5) is 0 Å². The van der Waals surface area contributed by atoms with E-state index in [0.29, 0.717) is 12.8 Å². The van der Waals surface area contributed by atoms with Crippen molar-refractivity contribution in [1.29, 1.82) is 0 Å². The Bertz CT molecular complexity index is 865. The molecule has 0 spiro atoms. The molecule has 0 fully saturated rings. The van der Waals surface area contributed by atoms with Gasteiger partial charge >= 0.3 is 0 Å². The third-order valence-corrected chi connectivity index (χ3v) is 7.84. The molecule has 0 bridgehead atoms. The zero-order valence-corrected chi connectivity index (χ0v) is 27.3. The molecule has 8 heteroatoms. The summed E-state index contributed by atoms with van der Waals surface area (Å²) in [7, 11) is -4.45. The molecular weight excluding hydrogens is 550 g/mol. The first-order valence-electron chi connectivity index (χ1n) is 16.4. The number of amides is 1. The van der Waals surface area contributed by atoms with E-state index in [2.05, 4.69) is 55.6 Å². The van der Waals surface area contributed by atoms with Gasteiger partial charge in [-0.1, -0.05) is 114 Å². The summed E-state index contributed by atoms with van der Waals surface area (Å²) in [6.45, 7) is 4.42. The second kappa shape index (κ2) is 28.1. The first kappa shape index (κ1) is 40.3. The fourth-order valence-corrected chi connectivity index (χ4v) is 5.21. The molecule has 3 unspecified atom stereocenters.